The maximum atomic E-state index is 16.0. The van der Waals surface area contributed by atoms with Gasteiger partial charge >= 0.3 is 0 Å². The van der Waals surface area contributed by atoms with E-state index in [1.54, 1.807) is 17.6 Å². The number of hydrogen-bond donors (Lipinski definition) is 1. The summed E-state index contributed by atoms with van der Waals surface area (Å²) in [7, 11) is -3.33. The molecule has 7 rings (SSSR count). The van der Waals surface area contributed by atoms with Crippen molar-refractivity contribution in [1.29, 1.82) is 5.26 Å². The molecule has 1 atom stereocenters. The minimum absolute atomic E-state index is 0.0103. The van der Waals surface area contributed by atoms with Gasteiger partial charge in [0.15, 0.2) is 0 Å². The number of nitrogens with one attached hydrogen (secondary N) is 1. The summed E-state index contributed by atoms with van der Waals surface area (Å²) >= 11 is 0. The quantitative estimate of drug-likeness (QED) is 0.343. The smallest absolute Gasteiger partial charge is 0.278 e. The molecule has 47 heavy (non-hydrogen) atoms. The van der Waals surface area contributed by atoms with Gasteiger partial charge in [-0.1, -0.05) is 37.5 Å². The molecule has 0 saturated carbocycles. The van der Waals surface area contributed by atoms with Crippen LogP contribution in [0.25, 0.3) is 11.0 Å². The molecule has 0 radical (unpaired) electrons. The monoisotopic (exact) mass is 670 g/mol. The third kappa shape index (κ3) is 6.51. The standard InChI is InChI=1S/C34H41F3N6O3S/c1-23-25-8-7-9-27(29(25)35)34(36,37)24-10-16-42(17-11-24)14-5-3-2-4-6-15-43-31-26(30(41-23)39-22-40-31)20-28(32(43)44)33(21-38)12-18-47(45,46)19-13-33/h7-9,20,22-24H,2-6,10-19H2,1H3,(H,39,40,41)/t23-/m1/s1. The second-order valence-electron chi connectivity index (χ2n) is 13.4. The highest BCUT2D eigenvalue weighted by Gasteiger charge is 2.45. The number of nitriles is 1. The molecule has 0 aliphatic carbocycles. The zero-order chi connectivity index (χ0) is 33.4. The molecule has 9 nitrogen and oxygen atoms in total. The van der Waals surface area contributed by atoms with Gasteiger partial charge in [0.05, 0.1) is 40.0 Å². The summed E-state index contributed by atoms with van der Waals surface area (Å²) in [5, 5.41) is 14.0. The van der Waals surface area contributed by atoms with Gasteiger partial charge in [-0.05, 0) is 71.1 Å². The molecule has 13 heteroatoms. The van der Waals surface area contributed by atoms with Crippen molar-refractivity contribution in [2.24, 2.45) is 5.92 Å². The SMILES string of the molecule is C[C@H]1Nc2ncnc3c2cc(C2(C#N)CCS(=O)(=O)CC2)c(=O)n3CCCCCCCN2CCC(CC2)C(F)(F)c2cccc1c2F. The number of nitrogens with zero attached hydrogens (tertiary/aromatic N) is 5. The first-order valence-corrected chi connectivity index (χ1v) is 18.4. The second-order valence-corrected chi connectivity index (χ2v) is 15.7. The number of hydrogen-bond acceptors (Lipinski definition) is 8. The van der Waals surface area contributed by atoms with Gasteiger partial charge in [-0.3, -0.25) is 9.36 Å². The number of rotatable bonds is 1. The van der Waals surface area contributed by atoms with Gasteiger partial charge in [0.2, 0.25) is 0 Å². The Kier molecular flexibility index (Phi) is 9.37. The highest BCUT2D eigenvalue weighted by molar-refractivity contribution is 7.91. The van der Waals surface area contributed by atoms with Crippen molar-refractivity contribution in [2.75, 3.05) is 36.5 Å². The van der Waals surface area contributed by atoms with E-state index in [0.29, 0.717) is 49.9 Å². The number of halogens is 3. The van der Waals surface area contributed by atoms with E-state index in [4.69, 9.17) is 0 Å². The summed E-state index contributed by atoms with van der Waals surface area (Å²) in [4.78, 5) is 25.2. The molecule has 6 heterocycles. The van der Waals surface area contributed by atoms with Crippen LogP contribution in [-0.4, -0.2) is 59.0 Å². The van der Waals surface area contributed by atoms with Gasteiger partial charge in [-0.2, -0.15) is 5.26 Å². The molecule has 2 aromatic heterocycles. The highest BCUT2D eigenvalue weighted by Crippen LogP contribution is 2.44. The molecule has 0 unspecified atom stereocenters. The number of alkyl halides is 2. The highest BCUT2D eigenvalue weighted by atomic mass is 32.2. The summed E-state index contributed by atoms with van der Waals surface area (Å²) in [6, 6.07) is 7.13. The Bertz CT molecular complexity index is 1840. The van der Waals surface area contributed by atoms with Gasteiger partial charge in [0, 0.05) is 23.6 Å². The van der Waals surface area contributed by atoms with E-state index in [1.807, 2.05) is 0 Å². The minimum atomic E-state index is -3.34. The number of piperidine rings is 1. The summed E-state index contributed by atoms with van der Waals surface area (Å²) in [5.74, 6) is -5.41. The van der Waals surface area contributed by atoms with Gasteiger partial charge in [-0.25, -0.2) is 31.6 Å². The molecular formula is C34H41F3N6O3S. The molecule has 4 aliphatic rings. The Labute approximate surface area is 273 Å². The van der Waals surface area contributed by atoms with Crippen molar-refractivity contribution in [3.05, 3.63) is 63.5 Å². The fourth-order valence-electron chi connectivity index (χ4n) is 7.47. The van der Waals surface area contributed by atoms with Crippen molar-refractivity contribution < 1.29 is 21.6 Å². The maximum Gasteiger partial charge on any atom is 0.278 e. The molecule has 1 aromatic carbocycles. The Morgan fingerprint density at radius 3 is 2.36 bits per heavy atom. The summed E-state index contributed by atoms with van der Waals surface area (Å²) in [6.07, 6.45) is 6.25. The zero-order valence-corrected chi connectivity index (χ0v) is 27.5. The summed E-state index contributed by atoms with van der Waals surface area (Å²) in [6.45, 7) is 3.93. The molecule has 252 valence electrons. The maximum absolute atomic E-state index is 16.0. The lowest BCUT2D eigenvalue weighted by atomic mass is 9.77. The van der Waals surface area contributed by atoms with Crippen molar-refractivity contribution >= 4 is 26.7 Å². The van der Waals surface area contributed by atoms with Crippen LogP contribution in [-0.2, 0) is 27.7 Å². The molecule has 3 aromatic rings. The van der Waals surface area contributed by atoms with Crippen molar-refractivity contribution in [2.45, 2.75) is 88.6 Å². The lowest BCUT2D eigenvalue weighted by Crippen LogP contribution is -2.41. The van der Waals surface area contributed by atoms with Gasteiger partial charge in [0.25, 0.3) is 11.5 Å². The Morgan fingerprint density at radius 2 is 1.66 bits per heavy atom. The van der Waals surface area contributed by atoms with Crippen molar-refractivity contribution in [3.63, 3.8) is 0 Å². The number of sulfone groups is 1. The Morgan fingerprint density at radius 1 is 0.979 bits per heavy atom. The average Bonchev–Trinajstić information content (AvgIpc) is 3.05. The minimum Gasteiger partial charge on any atom is -0.363 e. The number of aryl methyl sites for hydroxylation is 1. The topological polar surface area (TPSA) is 121 Å². The number of aromatic nitrogens is 3. The molecule has 8 bridgehead atoms. The van der Waals surface area contributed by atoms with Crippen LogP contribution in [0.5, 0.6) is 0 Å². The average molecular weight is 671 g/mol. The number of anilines is 1. The number of benzene rings is 1. The third-order valence-corrected chi connectivity index (χ3v) is 12.1. The van der Waals surface area contributed by atoms with Crippen LogP contribution in [0.2, 0.25) is 0 Å². The molecule has 0 amide bonds. The molecule has 2 fully saturated rings. The summed E-state index contributed by atoms with van der Waals surface area (Å²) < 4.78 is 74.0. The van der Waals surface area contributed by atoms with Crippen LogP contribution in [0, 0.1) is 23.1 Å². The fourth-order valence-corrected chi connectivity index (χ4v) is 9.00. The largest absolute Gasteiger partial charge is 0.363 e. The van der Waals surface area contributed by atoms with Gasteiger partial charge < -0.3 is 10.2 Å². The lowest BCUT2D eigenvalue weighted by Gasteiger charge is -2.36. The lowest BCUT2D eigenvalue weighted by molar-refractivity contribution is -0.0880. The van der Waals surface area contributed by atoms with Crippen molar-refractivity contribution in [1.82, 2.24) is 19.4 Å². The van der Waals surface area contributed by atoms with E-state index >= 15 is 13.2 Å². The van der Waals surface area contributed by atoms with E-state index < -0.39 is 44.5 Å². The van der Waals surface area contributed by atoms with Crippen LogP contribution in [0.1, 0.15) is 87.4 Å². The molecule has 0 spiro atoms. The number of pyridine rings is 1. The third-order valence-electron chi connectivity index (χ3n) is 10.5. The van der Waals surface area contributed by atoms with E-state index in [-0.39, 0.29) is 46.9 Å². The first-order valence-electron chi connectivity index (χ1n) is 16.6. The van der Waals surface area contributed by atoms with Crippen LogP contribution in [0.3, 0.4) is 0 Å². The van der Waals surface area contributed by atoms with Crippen LogP contribution < -0.4 is 10.9 Å². The zero-order valence-electron chi connectivity index (χ0n) is 26.7. The predicted octanol–water partition coefficient (Wildman–Crippen LogP) is 5.84. The van der Waals surface area contributed by atoms with Gasteiger partial charge in [0.1, 0.15) is 33.4 Å². The van der Waals surface area contributed by atoms with Crippen LogP contribution in [0.15, 0.2) is 35.4 Å². The van der Waals surface area contributed by atoms with Crippen molar-refractivity contribution in [3.8, 4) is 6.07 Å². The molecule has 4 aliphatic heterocycles. The second kappa shape index (κ2) is 13.2. The van der Waals surface area contributed by atoms with Crippen LogP contribution in [0.4, 0.5) is 19.0 Å². The Balaban J connectivity index is 1.45. The fraction of sp³-hybridized carbons (Fsp3) is 0.588. The van der Waals surface area contributed by atoms with E-state index in [2.05, 4.69) is 26.3 Å². The van der Waals surface area contributed by atoms with E-state index in [0.717, 1.165) is 32.2 Å². The van der Waals surface area contributed by atoms with E-state index in [9.17, 15) is 18.5 Å². The molecule has 2 saturated heterocycles. The van der Waals surface area contributed by atoms with E-state index in [1.165, 1.54) is 24.5 Å². The number of fused-ring (bicyclic) bond motifs is 9. The first kappa shape index (κ1) is 33.4. The van der Waals surface area contributed by atoms with Crippen LogP contribution >= 0.6 is 0 Å². The molecule has 1 N–H and O–H groups in total. The Hall–Kier alpha value is -3.50. The predicted molar refractivity (Wildman–Crippen MR) is 174 cm³/mol. The molecular weight excluding hydrogens is 629 g/mol. The first-order chi connectivity index (χ1) is 22.5. The summed E-state index contributed by atoms with van der Waals surface area (Å²) in [5.41, 5.74) is -1.75. The normalized spacial score (nSPS) is 26.1. The van der Waals surface area contributed by atoms with Gasteiger partial charge in [-0.15, -0.1) is 0 Å².